The van der Waals surface area contributed by atoms with E-state index < -0.39 is 28.7 Å². The van der Waals surface area contributed by atoms with Gasteiger partial charge < -0.3 is 31.5 Å². The fraction of sp³-hybridized carbons (Fsp3) is 0.312. The number of benzene rings is 7. The number of likely N-dealkylation sites (N-methyl/N-ethyl adjacent to an activating group) is 1. The number of nitrogens with two attached hydrogens (primary N) is 2. The van der Waals surface area contributed by atoms with E-state index in [1.807, 2.05) is 84.1 Å². The van der Waals surface area contributed by atoms with E-state index in [0.717, 1.165) is 69.5 Å². The molecule has 0 unspecified atom stereocenters. The standard InChI is InChI=1S/C27H31N5O2S.C16H16N4.C11H16BrNO2S.C6H4BrClO2S.C4H12N2.ClH/c1-18-9-6-10-19(2)25(18)21-15-20(3)26-24(16-21)30-31-27(29-26)28-22-11-7-12-23(17-22)35(33,34)14-8-13-32(4)5;1-9-5-4-6-10(2)14(9)12-7-11(3)15-13(8-12)19-20-16(17)18-15;1-13(2)7-4-8-16(14,15)11-6-3-5-10(12)9-11;7-5-2-1-3-6(4-5)11(8,9)10;1-6(2)4-3-5;/h6-7,9-12,15-17H,8,13-14H2,1-5H3,(H,28,29,31);4-8H,1-3H3,(H2,17,18,20);3,5-6,9H,4,7-8H2,1-2H3;1-4H;3-5H2,1-2H3;1H. The summed E-state index contributed by atoms with van der Waals surface area (Å²) in [4.78, 5) is 15.7. The monoisotopic (exact) mass is 1440 g/mol. The molecule has 0 atom stereocenters. The zero-order valence-electron chi connectivity index (χ0n) is 52.3. The lowest BCUT2D eigenvalue weighted by atomic mass is 9.94. The third-order valence-corrected chi connectivity index (χ3v) is 19.3. The lowest BCUT2D eigenvalue weighted by molar-refractivity contribution is 0.408. The van der Waals surface area contributed by atoms with Crippen molar-refractivity contribution in [3.63, 3.8) is 0 Å². The first-order valence-corrected chi connectivity index (χ1v) is 35.2. The van der Waals surface area contributed by atoms with E-state index in [1.54, 1.807) is 54.6 Å². The van der Waals surface area contributed by atoms with Gasteiger partial charge in [0.2, 0.25) is 11.9 Å². The zero-order chi connectivity index (χ0) is 65.1. The summed E-state index contributed by atoms with van der Waals surface area (Å²) in [5.74, 6) is 0.828. The van der Waals surface area contributed by atoms with Crippen molar-refractivity contribution < 1.29 is 25.3 Å². The zero-order valence-corrected chi connectivity index (χ0v) is 59.4. The summed E-state index contributed by atoms with van der Waals surface area (Å²) in [5.41, 5.74) is 26.1. The Labute approximate surface area is 553 Å². The van der Waals surface area contributed by atoms with Crippen molar-refractivity contribution >= 4 is 123 Å². The smallest absolute Gasteiger partial charge is 0.261 e. The Balaban J connectivity index is 0.000000266. The lowest BCUT2D eigenvalue weighted by Crippen LogP contribution is -2.20. The van der Waals surface area contributed by atoms with E-state index in [1.165, 1.54) is 45.5 Å². The van der Waals surface area contributed by atoms with Crippen LogP contribution in [0.5, 0.6) is 0 Å². The van der Waals surface area contributed by atoms with Crippen molar-refractivity contribution in [1.29, 1.82) is 0 Å². The SMILES string of the molecule is CN(C)CCCS(=O)(=O)c1cccc(Br)c1.CN(C)CCN.Cc1cccc(C)c1-c1cc(C)c2nc(N)nnc2c1.Cc1cccc(C)c1-c1cc(C)c2nc(Nc3cccc(S(=O)(=O)CCCN(C)C)c3)nnc2c1.Cl.O=S(=O)(Cl)c1cccc(Br)c1. The van der Waals surface area contributed by atoms with Crippen molar-refractivity contribution in [3.05, 3.63) is 176 Å². The number of nitrogens with one attached hydrogen (secondary N) is 1. The average Bonchev–Trinajstić information content (AvgIpc) is 1.47. The van der Waals surface area contributed by atoms with E-state index in [-0.39, 0.29) is 39.7 Å². The van der Waals surface area contributed by atoms with E-state index in [0.29, 0.717) is 39.4 Å². The Morgan fingerprint density at radius 1 is 0.483 bits per heavy atom. The Morgan fingerprint density at radius 2 is 0.876 bits per heavy atom. The van der Waals surface area contributed by atoms with Gasteiger partial charge in [0.05, 0.1) is 37.2 Å². The van der Waals surface area contributed by atoms with Crippen LogP contribution in [-0.4, -0.2) is 150 Å². The molecule has 2 heterocycles. The molecule has 0 aliphatic rings. The van der Waals surface area contributed by atoms with Gasteiger partial charge in [0.15, 0.2) is 19.7 Å². The molecule has 25 heteroatoms. The molecular weight excluding hydrogens is 1360 g/mol. The minimum Gasteiger partial charge on any atom is -0.366 e. The molecule has 9 rings (SSSR count). The van der Waals surface area contributed by atoms with Crippen molar-refractivity contribution in [2.45, 2.75) is 69.1 Å². The van der Waals surface area contributed by atoms with Crippen LogP contribution in [0.1, 0.15) is 46.2 Å². The fourth-order valence-electron chi connectivity index (χ4n) is 9.13. The highest BCUT2D eigenvalue weighted by Crippen LogP contribution is 2.33. The van der Waals surface area contributed by atoms with Gasteiger partial charge in [-0.05, 0) is 244 Å². The third-order valence-electron chi connectivity index (χ3n) is 13.4. The number of nitrogen functional groups attached to an aromatic ring is 1. The highest BCUT2D eigenvalue weighted by molar-refractivity contribution is 9.10. The van der Waals surface area contributed by atoms with Gasteiger partial charge in [-0.1, -0.05) is 86.5 Å². The van der Waals surface area contributed by atoms with Crippen LogP contribution >= 0.6 is 54.9 Å². The summed E-state index contributed by atoms with van der Waals surface area (Å²) in [6, 6.07) is 40.7. The molecule has 0 aliphatic carbocycles. The number of aromatic nitrogens is 6. The summed E-state index contributed by atoms with van der Waals surface area (Å²) >= 11 is 6.40. The van der Waals surface area contributed by atoms with Crippen LogP contribution in [0.2, 0.25) is 0 Å². The molecule has 0 spiro atoms. The second kappa shape index (κ2) is 34.9. The molecule has 9 aromatic rings. The highest BCUT2D eigenvalue weighted by Gasteiger charge is 2.18. The number of halogens is 4. The predicted octanol–water partition coefficient (Wildman–Crippen LogP) is 12.8. The number of fused-ring (bicyclic) bond motifs is 2. The van der Waals surface area contributed by atoms with Crippen LogP contribution in [-0.2, 0) is 28.7 Å². The number of rotatable bonds is 17. The molecule has 0 bridgehead atoms. The van der Waals surface area contributed by atoms with Gasteiger partial charge in [0.1, 0.15) is 11.0 Å². The number of nitrogens with zero attached hydrogens (tertiary/aromatic N) is 9. The number of sulfone groups is 2. The largest absolute Gasteiger partial charge is 0.366 e. The molecule has 478 valence electrons. The number of anilines is 3. The van der Waals surface area contributed by atoms with E-state index in [4.69, 9.17) is 22.1 Å². The maximum Gasteiger partial charge on any atom is 0.261 e. The third kappa shape index (κ3) is 23.6. The Hall–Kier alpha value is -6.09. The molecule has 2 aromatic heterocycles. The fourth-order valence-corrected chi connectivity index (χ4v) is 13.7. The second-order valence-electron chi connectivity index (χ2n) is 21.7. The van der Waals surface area contributed by atoms with Crippen LogP contribution in [0.15, 0.2) is 157 Å². The van der Waals surface area contributed by atoms with Crippen molar-refractivity contribution in [2.24, 2.45) is 5.73 Å². The summed E-state index contributed by atoms with van der Waals surface area (Å²) in [7, 11) is 6.74. The number of hydrogen-bond donors (Lipinski definition) is 3. The van der Waals surface area contributed by atoms with E-state index >= 15 is 0 Å². The first kappa shape index (κ1) is 75.4. The van der Waals surface area contributed by atoms with Gasteiger partial charge in [-0.15, -0.1) is 32.8 Å². The summed E-state index contributed by atoms with van der Waals surface area (Å²) < 4.78 is 72.3. The van der Waals surface area contributed by atoms with Gasteiger partial charge in [-0.25, -0.2) is 35.2 Å². The molecule has 7 aromatic carbocycles. The van der Waals surface area contributed by atoms with Gasteiger partial charge in [-0.2, -0.15) is 0 Å². The average molecular weight is 1440 g/mol. The maximum absolute atomic E-state index is 12.7. The van der Waals surface area contributed by atoms with Crippen molar-refractivity contribution in [1.82, 2.24) is 45.1 Å². The summed E-state index contributed by atoms with van der Waals surface area (Å²) in [6.07, 6.45) is 1.23. The van der Waals surface area contributed by atoms with Crippen LogP contribution in [0.25, 0.3) is 44.3 Å². The molecule has 0 amide bonds. The first-order chi connectivity index (χ1) is 41.4. The summed E-state index contributed by atoms with van der Waals surface area (Å²) in [5, 5.41) is 19.8. The molecule has 89 heavy (non-hydrogen) atoms. The quantitative estimate of drug-likeness (QED) is 0.0716. The Bertz CT molecular complexity index is 4150. The Kier molecular flexibility index (Phi) is 29.6. The first-order valence-electron chi connectivity index (χ1n) is 28.0. The molecule has 0 saturated carbocycles. The number of hydrogen-bond acceptors (Lipinski definition) is 18. The maximum atomic E-state index is 12.7. The highest BCUT2D eigenvalue weighted by atomic mass is 79.9. The molecule has 0 aliphatic heterocycles. The van der Waals surface area contributed by atoms with Gasteiger partial charge >= 0.3 is 0 Å². The topological polar surface area (TPSA) is 254 Å². The molecule has 0 radical (unpaired) electrons. The van der Waals surface area contributed by atoms with Gasteiger partial charge in [0, 0.05) is 38.4 Å². The van der Waals surface area contributed by atoms with E-state index in [2.05, 4.69) is 149 Å². The minimum absolute atomic E-state index is 0. The predicted molar refractivity (Wildman–Crippen MR) is 375 cm³/mol. The van der Waals surface area contributed by atoms with Crippen molar-refractivity contribution in [2.75, 3.05) is 91.0 Å². The van der Waals surface area contributed by atoms with Crippen LogP contribution in [0.3, 0.4) is 0 Å². The molecular formula is C64H80Br2Cl2N12O6S3. The molecule has 5 N–H and O–H groups in total. The lowest BCUT2D eigenvalue weighted by Gasteiger charge is -2.13. The van der Waals surface area contributed by atoms with E-state index in [9.17, 15) is 25.3 Å². The van der Waals surface area contributed by atoms with Gasteiger partial charge in [0.25, 0.3) is 9.05 Å². The molecule has 0 fully saturated rings. The van der Waals surface area contributed by atoms with Crippen LogP contribution in [0, 0.1) is 41.5 Å². The second-order valence-corrected chi connectivity index (χ2v) is 30.3. The normalized spacial score (nSPS) is 11.4. The van der Waals surface area contributed by atoms with Crippen LogP contribution < -0.4 is 16.8 Å². The van der Waals surface area contributed by atoms with Crippen LogP contribution in [0.4, 0.5) is 17.6 Å². The molecule has 0 saturated heterocycles. The van der Waals surface area contributed by atoms with Gasteiger partial charge in [-0.3, -0.25) is 0 Å². The summed E-state index contributed by atoms with van der Waals surface area (Å²) in [6.45, 7) is 15.7. The Morgan fingerprint density at radius 3 is 1.28 bits per heavy atom. The number of aryl methyl sites for hydroxylation is 6. The molecule has 18 nitrogen and oxygen atoms in total. The minimum atomic E-state index is -3.58. The van der Waals surface area contributed by atoms with Crippen molar-refractivity contribution in [3.8, 4) is 22.3 Å².